The Kier molecular flexibility index (Phi) is 2.97. The maximum atomic E-state index is 11.8. The van der Waals surface area contributed by atoms with Gasteiger partial charge in [-0.1, -0.05) is 0 Å². The molecule has 0 aliphatic rings. The second-order valence-electron chi connectivity index (χ2n) is 3.84. The van der Waals surface area contributed by atoms with Crippen LogP contribution in [-0.2, 0) is 0 Å². The van der Waals surface area contributed by atoms with Crippen LogP contribution in [0.1, 0.15) is 0 Å². The number of halogens is 1. The molecule has 0 aromatic carbocycles. The number of rotatable bonds is 2. The second-order valence-corrected chi connectivity index (χ2v) is 5.00. The van der Waals surface area contributed by atoms with Crippen LogP contribution in [0.2, 0.25) is 0 Å². The molecule has 0 atom stereocenters. The molecule has 0 unspecified atom stereocenters. The summed E-state index contributed by atoms with van der Waals surface area (Å²) in [6, 6.07) is 3.63. The number of nitrogens with one attached hydrogen (secondary N) is 1. The van der Waals surface area contributed by atoms with Crippen molar-refractivity contribution in [2.75, 3.05) is 7.11 Å². The maximum absolute atomic E-state index is 11.8. The molecule has 19 heavy (non-hydrogen) atoms. The number of methoxy groups -OCH3 is 1. The van der Waals surface area contributed by atoms with Crippen LogP contribution in [0.15, 0.2) is 35.6 Å². The van der Waals surface area contributed by atoms with E-state index in [2.05, 4.69) is 37.5 Å². The van der Waals surface area contributed by atoms with Crippen LogP contribution in [0.5, 0.6) is 5.88 Å². The predicted octanol–water partition coefficient (Wildman–Crippen LogP) is 1.72. The molecule has 3 heterocycles. The van der Waals surface area contributed by atoms with Crippen molar-refractivity contribution in [1.29, 1.82) is 0 Å². The Morgan fingerprint density at radius 2 is 2.21 bits per heavy atom. The molecular weight excluding hydrogens is 359 g/mol. The van der Waals surface area contributed by atoms with Crippen molar-refractivity contribution in [2.45, 2.75) is 0 Å². The van der Waals surface area contributed by atoms with Crippen LogP contribution in [0.3, 0.4) is 0 Å². The van der Waals surface area contributed by atoms with Gasteiger partial charge in [-0.15, -0.1) is 0 Å². The molecule has 0 aliphatic heterocycles. The first-order valence-electron chi connectivity index (χ1n) is 5.45. The minimum atomic E-state index is -0.144. The molecular formula is C12H9IN4O2. The first kappa shape index (κ1) is 12.2. The lowest BCUT2D eigenvalue weighted by atomic mass is 10.4. The third-order valence-corrected chi connectivity index (χ3v) is 3.57. The monoisotopic (exact) mass is 368 g/mol. The Hall–Kier alpha value is -1.90. The van der Waals surface area contributed by atoms with Gasteiger partial charge in [0.15, 0.2) is 5.65 Å². The van der Waals surface area contributed by atoms with Crippen LogP contribution in [0.4, 0.5) is 0 Å². The van der Waals surface area contributed by atoms with E-state index in [4.69, 9.17) is 4.74 Å². The van der Waals surface area contributed by atoms with Gasteiger partial charge in [0.2, 0.25) is 5.88 Å². The van der Waals surface area contributed by atoms with Crippen molar-refractivity contribution in [2.24, 2.45) is 0 Å². The van der Waals surface area contributed by atoms with Gasteiger partial charge in [0.05, 0.1) is 30.7 Å². The normalized spacial score (nSPS) is 10.8. The fourth-order valence-electron chi connectivity index (χ4n) is 1.86. The third kappa shape index (κ3) is 1.99. The fourth-order valence-corrected chi connectivity index (χ4v) is 2.62. The molecule has 6 nitrogen and oxygen atoms in total. The first-order chi connectivity index (χ1) is 9.20. The van der Waals surface area contributed by atoms with Crippen LogP contribution >= 0.6 is 22.6 Å². The number of hydrogen-bond acceptors (Lipinski definition) is 4. The van der Waals surface area contributed by atoms with E-state index in [-0.39, 0.29) is 5.56 Å². The molecule has 0 fully saturated rings. The SMILES string of the molecule is COc1ccc(-n2cc(I)c3c(=O)[nH]cnc32)cn1. The summed E-state index contributed by atoms with van der Waals surface area (Å²) in [7, 11) is 1.57. The van der Waals surface area contributed by atoms with Crippen LogP contribution in [0.25, 0.3) is 16.7 Å². The van der Waals surface area contributed by atoms with Crippen LogP contribution in [-0.4, -0.2) is 26.6 Å². The highest BCUT2D eigenvalue weighted by Crippen LogP contribution is 2.22. The summed E-state index contributed by atoms with van der Waals surface area (Å²) in [6.45, 7) is 0. The number of fused-ring (bicyclic) bond motifs is 1. The van der Waals surface area contributed by atoms with Gasteiger partial charge in [-0.3, -0.25) is 9.36 Å². The Balaban J connectivity index is 2.25. The number of pyridine rings is 1. The number of ether oxygens (including phenoxy) is 1. The van der Waals surface area contributed by atoms with Crippen molar-refractivity contribution < 1.29 is 4.74 Å². The number of nitrogens with zero attached hydrogens (tertiary/aromatic N) is 3. The van der Waals surface area contributed by atoms with E-state index < -0.39 is 0 Å². The summed E-state index contributed by atoms with van der Waals surface area (Å²) in [4.78, 5) is 22.8. The molecule has 0 radical (unpaired) electrons. The Morgan fingerprint density at radius 1 is 1.37 bits per heavy atom. The topological polar surface area (TPSA) is 72.8 Å². The average molecular weight is 368 g/mol. The van der Waals surface area contributed by atoms with Gasteiger partial charge in [-0.05, 0) is 28.7 Å². The van der Waals surface area contributed by atoms with E-state index >= 15 is 0 Å². The van der Waals surface area contributed by atoms with Crippen molar-refractivity contribution >= 4 is 33.6 Å². The van der Waals surface area contributed by atoms with Gasteiger partial charge in [0.25, 0.3) is 5.56 Å². The van der Waals surface area contributed by atoms with Gasteiger partial charge in [0, 0.05) is 15.8 Å². The molecule has 7 heteroatoms. The minimum Gasteiger partial charge on any atom is -0.481 e. The lowest BCUT2D eigenvalue weighted by Gasteiger charge is -2.04. The Morgan fingerprint density at radius 3 is 2.89 bits per heavy atom. The number of hydrogen-bond donors (Lipinski definition) is 1. The van der Waals surface area contributed by atoms with E-state index in [0.29, 0.717) is 16.9 Å². The maximum Gasteiger partial charge on any atom is 0.261 e. The van der Waals surface area contributed by atoms with E-state index in [0.717, 1.165) is 9.26 Å². The minimum absolute atomic E-state index is 0.144. The average Bonchev–Trinajstić information content (AvgIpc) is 2.78. The van der Waals surface area contributed by atoms with Gasteiger partial charge in [0.1, 0.15) is 0 Å². The van der Waals surface area contributed by atoms with Gasteiger partial charge in [-0.2, -0.15) is 0 Å². The summed E-state index contributed by atoms with van der Waals surface area (Å²) in [5.41, 5.74) is 1.29. The van der Waals surface area contributed by atoms with Crippen molar-refractivity contribution in [3.8, 4) is 11.6 Å². The standard InChI is InChI=1S/C12H9IN4O2/c1-19-9-3-2-7(4-14-9)17-5-8(13)10-11(17)15-6-16-12(10)18/h2-6H,1H3,(H,15,16,18). The molecule has 0 aliphatic carbocycles. The molecule has 0 bridgehead atoms. The zero-order valence-corrected chi connectivity index (χ0v) is 12.1. The van der Waals surface area contributed by atoms with Gasteiger partial charge < -0.3 is 9.72 Å². The molecule has 0 amide bonds. The molecule has 3 aromatic heterocycles. The van der Waals surface area contributed by atoms with Crippen molar-refractivity contribution in [3.05, 3.63) is 44.8 Å². The Labute approximate surface area is 121 Å². The molecule has 1 N–H and O–H groups in total. The number of aromatic nitrogens is 4. The first-order valence-corrected chi connectivity index (χ1v) is 6.53. The van der Waals surface area contributed by atoms with Crippen molar-refractivity contribution in [3.63, 3.8) is 0 Å². The molecule has 0 spiro atoms. The highest BCUT2D eigenvalue weighted by Gasteiger charge is 2.12. The highest BCUT2D eigenvalue weighted by molar-refractivity contribution is 14.1. The fraction of sp³-hybridized carbons (Fsp3) is 0.0833. The quantitative estimate of drug-likeness (QED) is 0.700. The lowest BCUT2D eigenvalue weighted by molar-refractivity contribution is 0.398. The number of H-pyrrole nitrogens is 1. The number of aromatic amines is 1. The predicted molar refractivity (Wildman–Crippen MR) is 78.8 cm³/mol. The molecule has 96 valence electrons. The van der Waals surface area contributed by atoms with E-state index in [1.807, 2.05) is 16.8 Å². The van der Waals surface area contributed by atoms with E-state index in [9.17, 15) is 4.79 Å². The zero-order chi connectivity index (χ0) is 13.4. The summed E-state index contributed by atoms with van der Waals surface area (Å²) < 4.78 is 7.70. The van der Waals surface area contributed by atoms with Gasteiger partial charge >= 0.3 is 0 Å². The van der Waals surface area contributed by atoms with E-state index in [1.54, 1.807) is 19.4 Å². The largest absolute Gasteiger partial charge is 0.481 e. The molecule has 3 rings (SSSR count). The summed E-state index contributed by atoms with van der Waals surface area (Å²) in [5, 5.41) is 0.582. The summed E-state index contributed by atoms with van der Waals surface area (Å²) in [6.07, 6.45) is 4.93. The smallest absolute Gasteiger partial charge is 0.261 e. The lowest BCUT2D eigenvalue weighted by Crippen LogP contribution is -2.07. The Bertz CT molecular complexity index is 792. The molecule has 0 saturated heterocycles. The van der Waals surface area contributed by atoms with Crippen molar-refractivity contribution in [1.82, 2.24) is 19.5 Å². The van der Waals surface area contributed by atoms with Crippen LogP contribution in [0, 0.1) is 3.57 Å². The summed E-state index contributed by atoms with van der Waals surface area (Å²) in [5.74, 6) is 0.542. The molecule has 0 saturated carbocycles. The van der Waals surface area contributed by atoms with Gasteiger partial charge in [-0.25, -0.2) is 9.97 Å². The second kappa shape index (κ2) is 4.65. The summed E-state index contributed by atoms with van der Waals surface area (Å²) >= 11 is 2.12. The van der Waals surface area contributed by atoms with E-state index in [1.165, 1.54) is 6.33 Å². The highest BCUT2D eigenvalue weighted by atomic mass is 127. The zero-order valence-electron chi connectivity index (χ0n) is 9.92. The third-order valence-electron chi connectivity index (χ3n) is 2.75. The van der Waals surface area contributed by atoms with Crippen LogP contribution < -0.4 is 10.3 Å². The molecule has 3 aromatic rings.